The maximum absolute atomic E-state index is 12.6. The molecular formula is C17H13NO2S. The molecule has 2 aromatic carbocycles. The summed E-state index contributed by atoms with van der Waals surface area (Å²) in [6, 6.07) is 15.3. The molecule has 0 aromatic heterocycles. The van der Waals surface area contributed by atoms with Gasteiger partial charge >= 0.3 is 0 Å². The third-order valence-corrected chi connectivity index (χ3v) is 5.28. The van der Waals surface area contributed by atoms with Gasteiger partial charge in [-0.3, -0.25) is 9.59 Å². The lowest BCUT2D eigenvalue weighted by molar-refractivity contribution is 0.0757. The van der Waals surface area contributed by atoms with Crippen molar-refractivity contribution < 1.29 is 9.59 Å². The van der Waals surface area contributed by atoms with E-state index in [2.05, 4.69) is 0 Å². The van der Waals surface area contributed by atoms with Gasteiger partial charge in [-0.05, 0) is 17.2 Å². The lowest BCUT2D eigenvalue weighted by Gasteiger charge is -2.28. The van der Waals surface area contributed by atoms with Crippen LogP contribution in [0, 0.1) is 0 Å². The van der Waals surface area contributed by atoms with Gasteiger partial charge in [0.25, 0.3) is 5.91 Å². The molecule has 2 aliphatic rings. The molecule has 2 aromatic rings. The number of hydrogen-bond acceptors (Lipinski definition) is 3. The van der Waals surface area contributed by atoms with Crippen LogP contribution in [-0.4, -0.2) is 22.3 Å². The highest BCUT2D eigenvalue weighted by Gasteiger charge is 2.38. The lowest BCUT2D eigenvalue weighted by Crippen LogP contribution is -2.29. The van der Waals surface area contributed by atoms with Crippen LogP contribution in [0.2, 0.25) is 0 Å². The third-order valence-electron chi connectivity index (χ3n) is 4.03. The molecule has 0 N–H and O–H groups in total. The zero-order valence-electron chi connectivity index (χ0n) is 11.3. The van der Waals surface area contributed by atoms with Gasteiger partial charge in [-0.1, -0.05) is 42.5 Å². The minimum absolute atomic E-state index is 0.0500. The van der Waals surface area contributed by atoms with Gasteiger partial charge in [-0.2, -0.15) is 0 Å². The highest BCUT2D eigenvalue weighted by molar-refractivity contribution is 8.00. The number of ketones is 1. The van der Waals surface area contributed by atoms with Crippen LogP contribution in [0.15, 0.2) is 48.5 Å². The SMILES string of the molecule is O=C1CS[C@@H]2c3ccccc3C(=O)N2Cc2ccccc21. The van der Waals surface area contributed by atoms with Crippen LogP contribution >= 0.6 is 11.8 Å². The van der Waals surface area contributed by atoms with E-state index in [0.717, 1.165) is 22.3 Å². The molecule has 21 heavy (non-hydrogen) atoms. The first-order valence-corrected chi connectivity index (χ1v) is 7.93. The molecule has 4 rings (SSSR count). The van der Waals surface area contributed by atoms with E-state index < -0.39 is 0 Å². The normalized spacial score (nSPS) is 20.4. The minimum atomic E-state index is -0.0500. The number of nitrogens with zero attached hydrogens (tertiary/aromatic N) is 1. The minimum Gasteiger partial charge on any atom is -0.318 e. The first kappa shape index (κ1) is 12.7. The Kier molecular flexibility index (Phi) is 2.86. The molecule has 0 unspecified atom stereocenters. The molecule has 0 spiro atoms. The van der Waals surface area contributed by atoms with E-state index in [1.165, 1.54) is 0 Å². The first-order chi connectivity index (χ1) is 10.3. The van der Waals surface area contributed by atoms with Crippen molar-refractivity contribution in [3.8, 4) is 0 Å². The summed E-state index contributed by atoms with van der Waals surface area (Å²) in [5.41, 5.74) is 3.47. The van der Waals surface area contributed by atoms with Crippen LogP contribution in [0.4, 0.5) is 0 Å². The average Bonchev–Trinajstić information content (AvgIpc) is 2.77. The number of benzene rings is 2. The Balaban J connectivity index is 1.82. The van der Waals surface area contributed by atoms with Gasteiger partial charge in [0.1, 0.15) is 5.37 Å². The van der Waals surface area contributed by atoms with Crippen LogP contribution in [0.5, 0.6) is 0 Å². The van der Waals surface area contributed by atoms with Crippen molar-refractivity contribution in [1.82, 2.24) is 4.90 Å². The summed E-state index contributed by atoms with van der Waals surface area (Å²) in [5, 5.41) is -0.0500. The zero-order chi connectivity index (χ0) is 14.4. The van der Waals surface area contributed by atoms with Crippen molar-refractivity contribution in [1.29, 1.82) is 0 Å². The number of thioether (sulfide) groups is 1. The van der Waals surface area contributed by atoms with Gasteiger partial charge in [-0.25, -0.2) is 0 Å². The first-order valence-electron chi connectivity index (χ1n) is 6.88. The van der Waals surface area contributed by atoms with Crippen molar-refractivity contribution in [2.75, 3.05) is 5.75 Å². The maximum atomic E-state index is 12.6. The Hall–Kier alpha value is -2.07. The molecule has 4 heteroatoms. The highest BCUT2D eigenvalue weighted by atomic mass is 32.2. The zero-order valence-corrected chi connectivity index (χ0v) is 12.1. The Labute approximate surface area is 127 Å². The smallest absolute Gasteiger partial charge is 0.255 e. The van der Waals surface area contributed by atoms with Crippen molar-refractivity contribution in [3.63, 3.8) is 0 Å². The summed E-state index contributed by atoms with van der Waals surface area (Å²) in [6.45, 7) is 0.493. The van der Waals surface area contributed by atoms with Crippen LogP contribution in [0.3, 0.4) is 0 Å². The summed E-state index contributed by atoms with van der Waals surface area (Å²) in [7, 11) is 0. The Morgan fingerprint density at radius 3 is 2.52 bits per heavy atom. The fourth-order valence-corrected chi connectivity index (χ4v) is 4.22. The van der Waals surface area contributed by atoms with Crippen molar-refractivity contribution in [2.45, 2.75) is 11.9 Å². The second kappa shape index (κ2) is 4.74. The van der Waals surface area contributed by atoms with Gasteiger partial charge in [0.15, 0.2) is 5.78 Å². The topological polar surface area (TPSA) is 37.4 Å². The van der Waals surface area contributed by atoms with Crippen molar-refractivity contribution in [2.24, 2.45) is 0 Å². The molecule has 0 fully saturated rings. The second-order valence-electron chi connectivity index (χ2n) is 5.26. The fraction of sp³-hybridized carbons (Fsp3) is 0.176. The Bertz CT molecular complexity index is 756. The predicted molar refractivity (Wildman–Crippen MR) is 82.3 cm³/mol. The lowest BCUT2D eigenvalue weighted by atomic mass is 10.0. The average molecular weight is 295 g/mol. The fourth-order valence-electron chi connectivity index (χ4n) is 3.02. The van der Waals surface area contributed by atoms with Crippen LogP contribution in [0.1, 0.15) is 37.2 Å². The number of carbonyl (C=O) groups is 2. The standard InChI is InChI=1S/C17H13NO2S/c19-15-10-21-17-14-8-4-3-7-13(14)16(20)18(17)9-11-5-1-2-6-12(11)15/h1-8,17H,9-10H2/t17-/m1/s1. The van der Waals surface area contributed by atoms with Crippen LogP contribution in [-0.2, 0) is 6.54 Å². The molecular weight excluding hydrogens is 282 g/mol. The van der Waals surface area contributed by atoms with E-state index in [4.69, 9.17) is 0 Å². The number of hydrogen-bond donors (Lipinski definition) is 0. The largest absolute Gasteiger partial charge is 0.318 e. The summed E-state index contributed by atoms with van der Waals surface area (Å²) < 4.78 is 0. The molecule has 0 saturated heterocycles. The van der Waals surface area contributed by atoms with Crippen molar-refractivity contribution >= 4 is 23.5 Å². The molecule has 0 saturated carbocycles. The third kappa shape index (κ3) is 1.90. The number of amides is 1. The maximum Gasteiger partial charge on any atom is 0.255 e. The highest BCUT2D eigenvalue weighted by Crippen LogP contribution is 2.43. The Morgan fingerprint density at radius 1 is 0.952 bits per heavy atom. The van der Waals surface area contributed by atoms with E-state index >= 15 is 0 Å². The van der Waals surface area contributed by atoms with E-state index in [-0.39, 0.29) is 17.1 Å². The Morgan fingerprint density at radius 2 is 1.67 bits per heavy atom. The van der Waals surface area contributed by atoms with Gasteiger partial charge < -0.3 is 4.90 Å². The van der Waals surface area contributed by atoms with Gasteiger partial charge in [0.2, 0.25) is 0 Å². The molecule has 104 valence electrons. The van der Waals surface area contributed by atoms with Gasteiger partial charge in [0, 0.05) is 17.7 Å². The molecule has 1 atom stereocenters. The molecule has 3 nitrogen and oxygen atoms in total. The summed E-state index contributed by atoms with van der Waals surface area (Å²) in [4.78, 5) is 26.8. The number of rotatable bonds is 0. The van der Waals surface area contributed by atoms with E-state index in [9.17, 15) is 9.59 Å². The quantitative estimate of drug-likeness (QED) is 0.748. The van der Waals surface area contributed by atoms with E-state index in [0.29, 0.717) is 12.3 Å². The van der Waals surface area contributed by atoms with E-state index in [1.807, 2.05) is 53.4 Å². The monoisotopic (exact) mass is 295 g/mol. The summed E-state index contributed by atoms with van der Waals surface area (Å²) in [6.07, 6.45) is 0. The molecule has 0 bridgehead atoms. The summed E-state index contributed by atoms with van der Waals surface area (Å²) >= 11 is 1.54. The van der Waals surface area contributed by atoms with E-state index in [1.54, 1.807) is 11.8 Å². The van der Waals surface area contributed by atoms with Crippen molar-refractivity contribution in [3.05, 3.63) is 70.8 Å². The molecule has 0 radical (unpaired) electrons. The number of carbonyl (C=O) groups excluding carboxylic acids is 2. The molecule has 2 aliphatic heterocycles. The molecule has 0 aliphatic carbocycles. The van der Waals surface area contributed by atoms with Crippen LogP contribution in [0.25, 0.3) is 0 Å². The predicted octanol–water partition coefficient (Wildman–Crippen LogP) is 3.27. The van der Waals surface area contributed by atoms with Gasteiger partial charge in [0.05, 0.1) is 5.75 Å². The molecule has 2 heterocycles. The number of fused-ring (bicyclic) bond motifs is 4. The second-order valence-corrected chi connectivity index (χ2v) is 6.33. The van der Waals surface area contributed by atoms with Gasteiger partial charge in [-0.15, -0.1) is 11.8 Å². The number of Topliss-reactive ketones (excluding diaryl/α,β-unsaturated/α-hetero) is 1. The molecule has 1 amide bonds. The van der Waals surface area contributed by atoms with Crippen LogP contribution < -0.4 is 0 Å². The summed E-state index contributed by atoms with van der Waals surface area (Å²) in [5.74, 6) is 0.610.